The first-order valence-electron chi connectivity index (χ1n) is 5.02. The molecule has 0 unspecified atom stereocenters. The first-order valence-corrected chi connectivity index (χ1v) is 5.02. The van der Waals surface area contributed by atoms with E-state index in [1.165, 1.54) is 0 Å². The van der Waals surface area contributed by atoms with E-state index in [4.69, 9.17) is 5.73 Å². The summed E-state index contributed by atoms with van der Waals surface area (Å²) in [6, 6.07) is 0. The van der Waals surface area contributed by atoms with Crippen molar-refractivity contribution in [2.45, 2.75) is 32.1 Å². The van der Waals surface area contributed by atoms with Crippen molar-refractivity contribution in [2.75, 3.05) is 6.54 Å². The van der Waals surface area contributed by atoms with Gasteiger partial charge in [0.05, 0.1) is 5.69 Å². The number of hydrogen-bond donors (Lipinski definition) is 2. The maximum atomic E-state index is 11.6. The molecule has 4 heteroatoms. The Hall–Kier alpha value is -1.16. The van der Waals surface area contributed by atoms with Gasteiger partial charge in [0.15, 0.2) is 0 Å². The molecule has 1 heterocycles. The molecule has 0 aliphatic heterocycles. The zero-order chi connectivity index (χ0) is 10.1. The fourth-order valence-electron chi connectivity index (χ4n) is 1.71. The average molecular weight is 193 g/mol. The Morgan fingerprint density at radius 2 is 2.29 bits per heavy atom. The van der Waals surface area contributed by atoms with Crippen molar-refractivity contribution in [2.24, 2.45) is 5.73 Å². The number of aromatic amines is 1. The Bertz CT molecular complexity index is 393. The topological polar surface area (TPSA) is 71.8 Å². The van der Waals surface area contributed by atoms with Crippen molar-refractivity contribution in [3.63, 3.8) is 0 Å². The van der Waals surface area contributed by atoms with Crippen molar-refractivity contribution < 1.29 is 0 Å². The Morgan fingerprint density at radius 1 is 1.57 bits per heavy atom. The van der Waals surface area contributed by atoms with Crippen LogP contribution >= 0.6 is 0 Å². The molecule has 0 spiro atoms. The minimum Gasteiger partial charge on any atom is -0.330 e. The number of nitrogens with zero attached hydrogens (tertiary/aromatic N) is 1. The second-order valence-electron chi connectivity index (χ2n) is 3.83. The number of nitrogens with one attached hydrogen (secondary N) is 1. The molecule has 0 aromatic carbocycles. The third kappa shape index (κ3) is 1.70. The Kier molecular flexibility index (Phi) is 2.37. The molecule has 14 heavy (non-hydrogen) atoms. The first kappa shape index (κ1) is 9.40. The van der Waals surface area contributed by atoms with Crippen molar-refractivity contribution >= 4 is 0 Å². The number of aryl methyl sites for hydroxylation is 1. The Morgan fingerprint density at radius 3 is 2.86 bits per heavy atom. The lowest BCUT2D eigenvalue weighted by Crippen LogP contribution is -2.21. The lowest BCUT2D eigenvalue weighted by Gasteiger charge is -2.06. The molecule has 1 fully saturated rings. The zero-order valence-corrected chi connectivity index (χ0v) is 8.34. The van der Waals surface area contributed by atoms with Crippen LogP contribution in [0.5, 0.6) is 0 Å². The van der Waals surface area contributed by atoms with Gasteiger partial charge in [-0.15, -0.1) is 0 Å². The van der Waals surface area contributed by atoms with Gasteiger partial charge in [-0.05, 0) is 32.7 Å². The molecule has 76 valence electrons. The molecular formula is C10H15N3O. The number of rotatable bonds is 3. The summed E-state index contributed by atoms with van der Waals surface area (Å²) in [7, 11) is 0. The summed E-state index contributed by atoms with van der Waals surface area (Å²) >= 11 is 0. The molecule has 1 saturated carbocycles. The highest BCUT2D eigenvalue weighted by Gasteiger charge is 2.28. The summed E-state index contributed by atoms with van der Waals surface area (Å²) in [5, 5.41) is 0. The van der Waals surface area contributed by atoms with Crippen molar-refractivity contribution in [3.8, 4) is 0 Å². The van der Waals surface area contributed by atoms with Crippen LogP contribution in [0.3, 0.4) is 0 Å². The normalized spacial score (nSPS) is 15.9. The highest BCUT2D eigenvalue weighted by atomic mass is 16.1. The van der Waals surface area contributed by atoms with Gasteiger partial charge in [0, 0.05) is 11.5 Å². The molecule has 4 nitrogen and oxygen atoms in total. The highest BCUT2D eigenvalue weighted by molar-refractivity contribution is 5.25. The van der Waals surface area contributed by atoms with Gasteiger partial charge in [-0.1, -0.05) is 0 Å². The van der Waals surface area contributed by atoms with Crippen molar-refractivity contribution in [1.29, 1.82) is 0 Å². The van der Waals surface area contributed by atoms with Crippen LogP contribution in [0.25, 0.3) is 0 Å². The second-order valence-corrected chi connectivity index (χ2v) is 3.83. The minimum atomic E-state index is -0.00940. The molecular weight excluding hydrogens is 178 g/mol. The van der Waals surface area contributed by atoms with Crippen LogP contribution in [0.15, 0.2) is 4.79 Å². The van der Waals surface area contributed by atoms with Crippen LogP contribution in [-0.2, 0) is 6.42 Å². The fourth-order valence-corrected chi connectivity index (χ4v) is 1.71. The van der Waals surface area contributed by atoms with E-state index in [-0.39, 0.29) is 5.56 Å². The standard InChI is InChI=1S/C10H15N3O/c1-6-12-9(7-2-3-7)8(4-5-11)10(14)13-6/h7H,2-5,11H2,1H3,(H,12,13,14). The molecule has 0 saturated heterocycles. The quantitative estimate of drug-likeness (QED) is 0.732. The van der Waals surface area contributed by atoms with Crippen LogP contribution in [-0.4, -0.2) is 16.5 Å². The summed E-state index contributed by atoms with van der Waals surface area (Å²) < 4.78 is 0. The predicted octanol–water partition coefficient (Wildman–Crippen LogP) is 0.457. The molecule has 1 aromatic heterocycles. The summed E-state index contributed by atoms with van der Waals surface area (Å²) in [6.07, 6.45) is 2.95. The van der Waals surface area contributed by atoms with E-state index in [9.17, 15) is 4.79 Å². The van der Waals surface area contributed by atoms with E-state index in [2.05, 4.69) is 9.97 Å². The fraction of sp³-hybridized carbons (Fsp3) is 0.600. The van der Waals surface area contributed by atoms with Gasteiger partial charge in [-0.25, -0.2) is 4.98 Å². The van der Waals surface area contributed by atoms with Gasteiger partial charge in [0.2, 0.25) is 0 Å². The molecule has 3 N–H and O–H groups in total. The third-order valence-electron chi connectivity index (χ3n) is 2.52. The molecule has 0 bridgehead atoms. The molecule has 0 atom stereocenters. The van der Waals surface area contributed by atoms with E-state index in [1.807, 2.05) is 6.92 Å². The molecule has 2 rings (SSSR count). The maximum Gasteiger partial charge on any atom is 0.254 e. The Balaban J connectivity index is 2.47. The first-order chi connectivity index (χ1) is 6.72. The van der Waals surface area contributed by atoms with Crippen molar-refractivity contribution in [1.82, 2.24) is 9.97 Å². The van der Waals surface area contributed by atoms with Gasteiger partial charge in [0.1, 0.15) is 5.82 Å². The summed E-state index contributed by atoms with van der Waals surface area (Å²) in [5.41, 5.74) is 7.24. The van der Waals surface area contributed by atoms with Gasteiger partial charge in [0.25, 0.3) is 5.56 Å². The molecule has 1 aliphatic rings. The summed E-state index contributed by atoms with van der Waals surface area (Å²) in [5.74, 6) is 1.22. The van der Waals surface area contributed by atoms with Crippen molar-refractivity contribution in [3.05, 3.63) is 27.4 Å². The number of nitrogens with two attached hydrogens (primary N) is 1. The van der Waals surface area contributed by atoms with Crippen LogP contribution < -0.4 is 11.3 Å². The number of hydrogen-bond acceptors (Lipinski definition) is 3. The van der Waals surface area contributed by atoms with Crippen LogP contribution in [0.4, 0.5) is 0 Å². The summed E-state index contributed by atoms with van der Waals surface area (Å²) in [4.78, 5) is 18.8. The molecule has 1 aliphatic carbocycles. The lowest BCUT2D eigenvalue weighted by molar-refractivity contribution is 0.838. The molecule has 0 radical (unpaired) electrons. The van der Waals surface area contributed by atoms with E-state index in [0.29, 0.717) is 24.7 Å². The number of aromatic nitrogens is 2. The minimum absolute atomic E-state index is 0.00940. The van der Waals surface area contributed by atoms with E-state index in [0.717, 1.165) is 24.1 Å². The largest absolute Gasteiger partial charge is 0.330 e. The van der Waals surface area contributed by atoms with Gasteiger partial charge in [-0.3, -0.25) is 4.79 Å². The monoisotopic (exact) mass is 193 g/mol. The smallest absolute Gasteiger partial charge is 0.254 e. The lowest BCUT2D eigenvalue weighted by atomic mass is 10.1. The second kappa shape index (κ2) is 3.53. The summed E-state index contributed by atoms with van der Waals surface area (Å²) in [6.45, 7) is 2.33. The van der Waals surface area contributed by atoms with Crippen LogP contribution in [0, 0.1) is 6.92 Å². The van der Waals surface area contributed by atoms with E-state index < -0.39 is 0 Å². The highest BCUT2D eigenvalue weighted by Crippen LogP contribution is 2.39. The van der Waals surface area contributed by atoms with E-state index in [1.54, 1.807) is 0 Å². The molecule has 0 amide bonds. The van der Waals surface area contributed by atoms with Gasteiger partial charge in [-0.2, -0.15) is 0 Å². The molecule has 1 aromatic rings. The number of H-pyrrole nitrogens is 1. The predicted molar refractivity (Wildman–Crippen MR) is 54.3 cm³/mol. The Labute approximate surface area is 82.6 Å². The maximum absolute atomic E-state index is 11.6. The third-order valence-corrected chi connectivity index (χ3v) is 2.52. The van der Waals surface area contributed by atoms with Crippen LogP contribution in [0.2, 0.25) is 0 Å². The van der Waals surface area contributed by atoms with Crippen LogP contribution in [0.1, 0.15) is 35.8 Å². The van der Waals surface area contributed by atoms with Gasteiger partial charge >= 0.3 is 0 Å². The van der Waals surface area contributed by atoms with E-state index >= 15 is 0 Å². The van der Waals surface area contributed by atoms with Gasteiger partial charge < -0.3 is 10.7 Å². The average Bonchev–Trinajstić information content (AvgIpc) is 2.92. The zero-order valence-electron chi connectivity index (χ0n) is 8.34. The SMILES string of the molecule is Cc1nc(C2CC2)c(CCN)c(=O)[nH]1.